The molecule has 0 aliphatic heterocycles. The fourth-order valence-electron chi connectivity index (χ4n) is 1.93. The monoisotopic (exact) mass is 386 g/mol. The average Bonchev–Trinajstić information content (AvgIpc) is 2.87. The van der Waals surface area contributed by atoms with Gasteiger partial charge in [0.1, 0.15) is 33.0 Å². The second-order valence-electron chi connectivity index (χ2n) is 6.09. The van der Waals surface area contributed by atoms with Crippen molar-refractivity contribution < 1.29 is 33.0 Å². The van der Waals surface area contributed by atoms with Crippen molar-refractivity contribution in [1.29, 1.82) is 0 Å². The second-order valence-corrected chi connectivity index (χ2v) is 7.09. The molecule has 0 aliphatic carbocycles. The number of methoxy groups -OCH3 is 1. The first kappa shape index (κ1) is 19.6. The lowest BCUT2D eigenvalue weighted by atomic mass is 10.2. The number of amides is 1. The van der Waals surface area contributed by atoms with E-state index < -0.39 is 40.6 Å². The van der Waals surface area contributed by atoms with E-state index in [1.807, 2.05) is 0 Å². The number of carbonyl (C=O) groups excluding carboxylic acids is 1. The molecule has 1 amide bonds. The molecule has 0 fully saturated rings. The molecule has 1 aromatic carbocycles. The third kappa shape index (κ3) is 4.45. The highest BCUT2D eigenvalue weighted by atomic mass is 32.1. The Bertz CT molecular complexity index is 838. The molecule has 2 rings (SSSR count). The zero-order chi connectivity index (χ0) is 19.6. The van der Waals surface area contributed by atoms with Gasteiger partial charge in [-0.25, -0.2) is 23.4 Å². The molecule has 26 heavy (non-hydrogen) atoms. The van der Waals surface area contributed by atoms with Crippen LogP contribution in [0.4, 0.5) is 18.6 Å². The fraction of sp³-hybridized carbons (Fsp3) is 0.312. The Labute approximate surface area is 151 Å². The molecule has 0 bridgehead atoms. The average molecular weight is 386 g/mol. The molecular formula is C16H16F2N2O5S. The maximum atomic E-state index is 14.2. The van der Waals surface area contributed by atoms with E-state index in [4.69, 9.17) is 9.47 Å². The molecule has 0 aliphatic rings. The van der Waals surface area contributed by atoms with Crippen molar-refractivity contribution in [2.75, 3.05) is 12.4 Å². The van der Waals surface area contributed by atoms with Gasteiger partial charge in [0.25, 0.3) is 0 Å². The van der Waals surface area contributed by atoms with Crippen molar-refractivity contribution in [2.24, 2.45) is 0 Å². The summed E-state index contributed by atoms with van der Waals surface area (Å²) in [5, 5.41) is 11.0. The number of aromatic carboxylic acids is 1. The predicted molar refractivity (Wildman–Crippen MR) is 90.8 cm³/mol. The minimum Gasteiger partial charge on any atom is -0.497 e. The SMILES string of the molecule is COc1cc(F)c(-c2nc(C(=O)O)c(NC(=O)OC(C)(C)C)s2)c(F)c1. The van der Waals surface area contributed by atoms with Gasteiger partial charge in [-0.2, -0.15) is 0 Å². The van der Waals surface area contributed by atoms with Crippen molar-refractivity contribution in [3.05, 3.63) is 29.5 Å². The minimum absolute atomic E-state index is 0.0362. The molecule has 140 valence electrons. The van der Waals surface area contributed by atoms with Crippen LogP contribution < -0.4 is 10.1 Å². The number of thiazole rings is 1. The topological polar surface area (TPSA) is 97.8 Å². The number of carboxylic acid groups (broad SMARTS) is 1. The van der Waals surface area contributed by atoms with E-state index >= 15 is 0 Å². The lowest BCUT2D eigenvalue weighted by Gasteiger charge is -2.19. The van der Waals surface area contributed by atoms with Crippen LogP contribution in [0.3, 0.4) is 0 Å². The lowest BCUT2D eigenvalue weighted by Crippen LogP contribution is -2.27. The number of nitrogens with one attached hydrogen (secondary N) is 1. The van der Waals surface area contributed by atoms with E-state index in [0.29, 0.717) is 11.3 Å². The largest absolute Gasteiger partial charge is 0.497 e. The highest BCUT2D eigenvalue weighted by molar-refractivity contribution is 7.19. The number of anilines is 1. The summed E-state index contributed by atoms with van der Waals surface area (Å²) in [6.07, 6.45) is -0.911. The Morgan fingerprint density at radius 1 is 1.23 bits per heavy atom. The zero-order valence-corrected chi connectivity index (χ0v) is 15.2. The van der Waals surface area contributed by atoms with E-state index in [-0.39, 0.29) is 15.8 Å². The van der Waals surface area contributed by atoms with Crippen molar-refractivity contribution >= 4 is 28.4 Å². The standard InChI is InChI=1S/C16H16F2N2O5S/c1-16(2,3)25-15(23)20-13-11(14(21)22)19-12(26-13)10-8(17)5-7(24-4)6-9(10)18/h5-6H,1-4H3,(H,20,23)(H,21,22). The number of carboxylic acids is 1. The first-order chi connectivity index (χ1) is 12.0. The smallest absolute Gasteiger partial charge is 0.412 e. The summed E-state index contributed by atoms with van der Waals surface area (Å²) in [7, 11) is 1.25. The molecule has 0 spiro atoms. The Morgan fingerprint density at radius 3 is 2.27 bits per heavy atom. The number of hydrogen-bond acceptors (Lipinski definition) is 6. The molecule has 10 heteroatoms. The van der Waals surface area contributed by atoms with Crippen molar-refractivity contribution in [2.45, 2.75) is 26.4 Å². The summed E-state index contributed by atoms with van der Waals surface area (Å²) >= 11 is 0.612. The maximum Gasteiger partial charge on any atom is 0.412 e. The van der Waals surface area contributed by atoms with Crippen LogP contribution in [-0.2, 0) is 4.74 Å². The number of carbonyl (C=O) groups is 2. The minimum atomic E-state index is -1.46. The number of halogens is 2. The summed E-state index contributed by atoms with van der Waals surface area (Å²) < 4.78 is 38.2. The van der Waals surface area contributed by atoms with Crippen LogP contribution >= 0.6 is 11.3 Å². The summed E-state index contributed by atoms with van der Waals surface area (Å²) in [5.41, 5.74) is -1.88. The van der Waals surface area contributed by atoms with E-state index in [2.05, 4.69) is 10.3 Å². The van der Waals surface area contributed by atoms with Gasteiger partial charge in [0.05, 0.1) is 12.7 Å². The molecule has 0 unspecified atom stereocenters. The molecule has 0 radical (unpaired) electrons. The Hall–Kier alpha value is -2.75. The van der Waals surface area contributed by atoms with Crippen LogP contribution in [0, 0.1) is 11.6 Å². The number of hydrogen-bond donors (Lipinski definition) is 2. The molecule has 1 aromatic heterocycles. The van der Waals surface area contributed by atoms with Gasteiger partial charge in [-0.3, -0.25) is 5.32 Å². The van der Waals surface area contributed by atoms with Crippen molar-refractivity contribution in [3.63, 3.8) is 0 Å². The van der Waals surface area contributed by atoms with Gasteiger partial charge in [0.2, 0.25) is 0 Å². The van der Waals surface area contributed by atoms with Gasteiger partial charge in [-0.05, 0) is 20.8 Å². The summed E-state index contributed by atoms with van der Waals surface area (Å²) in [6, 6.07) is 1.89. The zero-order valence-electron chi connectivity index (χ0n) is 14.3. The molecule has 0 saturated carbocycles. The van der Waals surface area contributed by atoms with Crippen LogP contribution in [0.25, 0.3) is 10.6 Å². The van der Waals surface area contributed by atoms with Crippen molar-refractivity contribution in [3.8, 4) is 16.3 Å². The first-order valence-corrected chi connectivity index (χ1v) is 8.11. The molecule has 0 saturated heterocycles. The highest BCUT2D eigenvalue weighted by Gasteiger charge is 2.25. The number of nitrogens with zero attached hydrogens (tertiary/aromatic N) is 1. The third-order valence-corrected chi connectivity index (χ3v) is 3.90. The van der Waals surface area contributed by atoms with E-state index in [9.17, 15) is 23.5 Å². The van der Waals surface area contributed by atoms with Gasteiger partial charge in [0.15, 0.2) is 5.69 Å². The van der Waals surface area contributed by atoms with E-state index in [1.54, 1.807) is 20.8 Å². The van der Waals surface area contributed by atoms with Crippen LogP contribution in [0.2, 0.25) is 0 Å². The lowest BCUT2D eigenvalue weighted by molar-refractivity contribution is 0.0636. The Morgan fingerprint density at radius 2 is 1.81 bits per heavy atom. The van der Waals surface area contributed by atoms with Gasteiger partial charge < -0.3 is 14.6 Å². The number of rotatable bonds is 4. The van der Waals surface area contributed by atoms with Gasteiger partial charge >= 0.3 is 12.1 Å². The molecule has 2 N–H and O–H groups in total. The van der Waals surface area contributed by atoms with E-state index in [0.717, 1.165) is 12.1 Å². The van der Waals surface area contributed by atoms with E-state index in [1.165, 1.54) is 7.11 Å². The highest BCUT2D eigenvalue weighted by Crippen LogP contribution is 2.36. The van der Waals surface area contributed by atoms with Gasteiger partial charge in [0, 0.05) is 12.1 Å². The van der Waals surface area contributed by atoms with Crippen LogP contribution in [-0.4, -0.2) is 34.9 Å². The molecule has 7 nitrogen and oxygen atoms in total. The third-order valence-electron chi connectivity index (χ3n) is 2.91. The number of benzene rings is 1. The second kappa shape index (κ2) is 7.24. The fourth-order valence-corrected chi connectivity index (χ4v) is 2.92. The molecule has 1 heterocycles. The van der Waals surface area contributed by atoms with Crippen LogP contribution in [0.5, 0.6) is 5.75 Å². The molecular weight excluding hydrogens is 370 g/mol. The van der Waals surface area contributed by atoms with Gasteiger partial charge in [-0.15, -0.1) is 0 Å². The summed E-state index contributed by atoms with van der Waals surface area (Å²) in [5.74, 6) is -3.45. The molecule has 2 aromatic rings. The first-order valence-electron chi connectivity index (χ1n) is 7.29. The Kier molecular flexibility index (Phi) is 5.45. The van der Waals surface area contributed by atoms with Crippen LogP contribution in [0.15, 0.2) is 12.1 Å². The number of ether oxygens (including phenoxy) is 2. The maximum absolute atomic E-state index is 14.2. The molecule has 0 atom stereocenters. The Balaban J connectivity index is 2.44. The quantitative estimate of drug-likeness (QED) is 0.820. The predicted octanol–water partition coefficient (Wildman–Crippen LogP) is 4.14. The normalized spacial score (nSPS) is 11.2. The summed E-state index contributed by atoms with van der Waals surface area (Å²) in [4.78, 5) is 26.9. The van der Waals surface area contributed by atoms with Crippen LogP contribution in [0.1, 0.15) is 31.3 Å². The summed E-state index contributed by atoms with van der Waals surface area (Å²) in [6.45, 7) is 4.89. The number of aromatic nitrogens is 1. The van der Waals surface area contributed by atoms with Crippen molar-refractivity contribution in [1.82, 2.24) is 4.98 Å². The van der Waals surface area contributed by atoms with Gasteiger partial charge in [-0.1, -0.05) is 11.3 Å².